The fraction of sp³-hybridized carbons (Fsp3) is 0.435. The van der Waals surface area contributed by atoms with Crippen LogP contribution >= 0.6 is 23.2 Å². The quantitative estimate of drug-likeness (QED) is 0.633. The lowest BCUT2D eigenvalue weighted by Gasteiger charge is -2.31. The summed E-state index contributed by atoms with van der Waals surface area (Å²) in [6.07, 6.45) is 0.955. The van der Waals surface area contributed by atoms with Crippen molar-refractivity contribution in [1.29, 1.82) is 0 Å². The van der Waals surface area contributed by atoms with Crippen LogP contribution < -0.4 is 10.2 Å². The molecule has 2 aliphatic rings. The monoisotopic (exact) mass is 511 g/mol. The molecule has 4 rings (SSSR count). The van der Waals surface area contributed by atoms with E-state index in [1.54, 1.807) is 12.1 Å². The van der Waals surface area contributed by atoms with Gasteiger partial charge >= 0.3 is 0 Å². The van der Waals surface area contributed by atoms with Crippen molar-refractivity contribution in [2.45, 2.75) is 18.6 Å². The van der Waals surface area contributed by atoms with E-state index < -0.39 is 10.0 Å². The Morgan fingerprint density at radius 2 is 1.67 bits per heavy atom. The van der Waals surface area contributed by atoms with E-state index >= 15 is 0 Å². The second-order valence-electron chi connectivity index (χ2n) is 8.30. The Morgan fingerprint density at radius 1 is 1.00 bits per heavy atom. The molecule has 0 spiro atoms. The van der Waals surface area contributed by atoms with Crippen LogP contribution in [0.2, 0.25) is 10.0 Å². The number of hydrogen-bond donors (Lipinski definition) is 1. The SMILES string of the molecule is O=C(Nc1ccc(N2CCOCC2)cc1)C1CCN(S(=O)(=O)Cc2ccc(Cl)cc2Cl)CC1. The Labute approximate surface area is 204 Å². The van der Waals surface area contributed by atoms with Crippen LogP contribution in [0.4, 0.5) is 11.4 Å². The number of ether oxygens (including phenoxy) is 1. The van der Waals surface area contributed by atoms with Crippen molar-refractivity contribution in [3.63, 3.8) is 0 Å². The maximum atomic E-state index is 12.8. The molecule has 178 valence electrons. The lowest BCUT2D eigenvalue weighted by molar-refractivity contribution is -0.120. The molecule has 0 radical (unpaired) electrons. The Bertz CT molecular complexity index is 1080. The van der Waals surface area contributed by atoms with Crippen molar-refractivity contribution in [1.82, 2.24) is 4.31 Å². The Morgan fingerprint density at radius 3 is 2.30 bits per heavy atom. The van der Waals surface area contributed by atoms with Gasteiger partial charge in [0.1, 0.15) is 0 Å². The van der Waals surface area contributed by atoms with Gasteiger partial charge in [-0.05, 0) is 54.8 Å². The average Bonchev–Trinajstić information content (AvgIpc) is 2.82. The lowest BCUT2D eigenvalue weighted by Crippen LogP contribution is -2.41. The molecule has 7 nitrogen and oxygen atoms in total. The lowest BCUT2D eigenvalue weighted by atomic mass is 9.97. The summed E-state index contributed by atoms with van der Waals surface area (Å²) in [5.74, 6) is -0.489. The van der Waals surface area contributed by atoms with E-state index in [0.717, 1.165) is 37.7 Å². The van der Waals surface area contributed by atoms with Gasteiger partial charge in [-0.2, -0.15) is 0 Å². The summed E-state index contributed by atoms with van der Waals surface area (Å²) in [5, 5.41) is 3.76. The molecule has 2 heterocycles. The first-order chi connectivity index (χ1) is 15.8. The fourth-order valence-corrected chi connectivity index (χ4v) is 6.29. The Balaban J connectivity index is 1.29. The molecule has 2 fully saturated rings. The molecular formula is C23H27Cl2N3O4S. The smallest absolute Gasteiger partial charge is 0.227 e. The van der Waals surface area contributed by atoms with Crippen LogP contribution in [0.15, 0.2) is 42.5 Å². The molecule has 10 heteroatoms. The second kappa shape index (κ2) is 10.6. The maximum absolute atomic E-state index is 12.8. The van der Waals surface area contributed by atoms with Crippen molar-refractivity contribution >= 4 is 50.5 Å². The van der Waals surface area contributed by atoms with Gasteiger partial charge in [-0.15, -0.1) is 0 Å². The number of piperidine rings is 1. The molecule has 1 N–H and O–H groups in total. The number of carbonyl (C=O) groups excluding carboxylic acids is 1. The fourth-order valence-electron chi connectivity index (χ4n) is 4.14. The number of amides is 1. The van der Waals surface area contributed by atoms with Gasteiger partial charge in [-0.3, -0.25) is 4.79 Å². The molecule has 0 atom stereocenters. The van der Waals surface area contributed by atoms with Gasteiger partial charge in [0.2, 0.25) is 15.9 Å². The third-order valence-corrected chi connectivity index (χ3v) is 8.50. The van der Waals surface area contributed by atoms with Gasteiger partial charge in [-0.1, -0.05) is 29.3 Å². The summed E-state index contributed by atoms with van der Waals surface area (Å²) in [6, 6.07) is 12.6. The average molecular weight is 512 g/mol. The number of morpholine rings is 1. The third kappa shape index (κ3) is 6.19. The molecule has 0 aliphatic carbocycles. The molecule has 0 bridgehead atoms. The first-order valence-electron chi connectivity index (χ1n) is 11.0. The normalized spacial score (nSPS) is 18.3. The number of anilines is 2. The largest absolute Gasteiger partial charge is 0.378 e. The Hall–Kier alpha value is -1.84. The van der Waals surface area contributed by atoms with E-state index in [1.165, 1.54) is 10.4 Å². The van der Waals surface area contributed by atoms with Crippen molar-refractivity contribution in [3.05, 3.63) is 58.1 Å². The zero-order valence-corrected chi connectivity index (χ0v) is 20.5. The maximum Gasteiger partial charge on any atom is 0.227 e. The number of halogens is 2. The zero-order chi connectivity index (χ0) is 23.4. The van der Waals surface area contributed by atoms with E-state index in [0.29, 0.717) is 41.5 Å². The standard InChI is InChI=1S/C23H27Cl2N3O4S/c24-19-2-1-18(22(25)15-19)16-33(30,31)28-9-7-17(8-10-28)23(29)26-20-3-5-21(6-4-20)27-11-13-32-14-12-27/h1-6,15,17H,7-14,16H2,(H,26,29). The van der Waals surface area contributed by atoms with Crippen molar-refractivity contribution in [2.75, 3.05) is 49.6 Å². The number of benzene rings is 2. The molecule has 2 aromatic rings. The number of nitrogens with zero attached hydrogens (tertiary/aromatic N) is 2. The summed E-state index contributed by atoms with van der Waals surface area (Å²) in [5.41, 5.74) is 2.36. The summed E-state index contributed by atoms with van der Waals surface area (Å²) >= 11 is 12.0. The number of nitrogens with one attached hydrogen (secondary N) is 1. The summed E-state index contributed by atoms with van der Waals surface area (Å²) in [7, 11) is -3.53. The molecule has 0 saturated carbocycles. The van der Waals surface area contributed by atoms with E-state index in [2.05, 4.69) is 10.2 Å². The van der Waals surface area contributed by atoms with E-state index in [1.807, 2.05) is 24.3 Å². The summed E-state index contributed by atoms with van der Waals surface area (Å²) in [6.45, 7) is 3.78. The zero-order valence-electron chi connectivity index (χ0n) is 18.2. The van der Waals surface area contributed by atoms with Gasteiger partial charge in [0.05, 0.1) is 19.0 Å². The second-order valence-corrected chi connectivity index (χ2v) is 11.1. The molecule has 2 aliphatic heterocycles. The van der Waals surface area contributed by atoms with E-state index in [9.17, 15) is 13.2 Å². The van der Waals surface area contributed by atoms with E-state index in [4.69, 9.17) is 27.9 Å². The van der Waals surface area contributed by atoms with Gasteiger partial charge in [0.15, 0.2) is 0 Å². The molecule has 33 heavy (non-hydrogen) atoms. The van der Waals surface area contributed by atoms with Crippen molar-refractivity contribution < 1.29 is 17.9 Å². The van der Waals surface area contributed by atoms with Gasteiger partial charge in [0, 0.05) is 53.5 Å². The van der Waals surface area contributed by atoms with Crippen LogP contribution in [-0.2, 0) is 25.3 Å². The molecule has 2 aromatic carbocycles. The topological polar surface area (TPSA) is 79.0 Å². The van der Waals surface area contributed by atoms with Gasteiger partial charge < -0.3 is 15.0 Å². The van der Waals surface area contributed by atoms with Gasteiger partial charge in [0.25, 0.3) is 0 Å². The number of sulfonamides is 1. The minimum absolute atomic E-state index is 0.0769. The highest BCUT2D eigenvalue weighted by Crippen LogP contribution is 2.27. The van der Waals surface area contributed by atoms with Crippen LogP contribution in [0, 0.1) is 5.92 Å². The number of hydrogen-bond acceptors (Lipinski definition) is 5. The van der Waals surface area contributed by atoms with Gasteiger partial charge in [-0.25, -0.2) is 12.7 Å². The Kier molecular flexibility index (Phi) is 7.81. The summed E-state index contributed by atoms with van der Waals surface area (Å²) in [4.78, 5) is 15.0. The molecule has 0 unspecified atom stereocenters. The minimum atomic E-state index is -3.53. The predicted molar refractivity (Wildman–Crippen MR) is 131 cm³/mol. The first kappa shape index (κ1) is 24.3. The van der Waals surface area contributed by atoms with Crippen molar-refractivity contribution in [3.8, 4) is 0 Å². The highest BCUT2D eigenvalue weighted by atomic mass is 35.5. The summed E-state index contributed by atoms with van der Waals surface area (Å²) < 4.78 is 32.5. The van der Waals surface area contributed by atoms with E-state index in [-0.39, 0.29) is 17.6 Å². The minimum Gasteiger partial charge on any atom is -0.378 e. The predicted octanol–water partition coefficient (Wildman–Crippen LogP) is 4.01. The molecular weight excluding hydrogens is 485 g/mol. The van der Waals surface area contributed by atoms with Crippen LogP contribution in [0.5, 0.6) is 0 Å². The molecule has 0 aromatic heterocycles. The number of carbonyl (C=O) groups is 1. The third-order valence-electron chi connectivity index (χ3n) is 6.08. The van der Waals surface area contributed by atoms with Crippen LogP contribution in [-0.4, -0.2) is 58.0 Å². The number of rotatable bonds is 6. The van der Waals surface area contributed by atoms with Crippen LogP contribution in [0.3, 0.4) is 0 Å². The van der Waals surface area contributed by atoms with Crippen LogP contribution in [0.25, 0.3) is 0 Å². The molecule has 1 amide bonds. The highest BCUT2D eigenvalue weighted by molar-refractivity contribution is 7.88. The van der Waals surface area contributed by atoms with Crippen molar-refractivity contribution in [2.24, 2.45) is 5.92 Å². The van der Waals surface area contributed by atoms with Crippen LogP contribution in [0.1, 0.15) is 18.4 Å². The first-order valence-corrected chi connectivity index (χ1v) is 13.3. The molecule has 2 saturated heterocycles. The highest BCUT2D eigenvalue weighted by Gasteiger charge is 2.31.